The molecule has 0 bridgehead atoms. The number of hydrogen-bond donors (Lipinski definition) is 0. The first-order valence-electron chi connectivity index (χ1n) is 6.71. The van der Waals surface area contributed by atoms with Gasteiger partial charge >= 0.3 is 0 Å². The lowest BCUT2D eigenvalue weighted by atomic mass is 9.88. The smallest absolute Gasteiger partial charge is 0.175 e. The van der Waals surface area contributed by atoms with Gasteiger partial charge in [-0.05, 0) is 23.3 Å². The zero-order chi connectivity index (χ0) is 15.8. The quantitative estimate of drug-likeness (QED) is 0.822. The Labute approximate surface area is 137 Å². The summed E-state index contributed by atoms with van der Waals surface area (Å²) in [6.45, 7) is 0. The van der Waals surface area contributed by atoms with Crippen LogP contribution in [0, 0.1) is 39.4 Å². The molecule has 1 aliphatic rings. The first-order valence-corrected chi connectivity index (χ1v) is 7.50. The Morgan fingerprint density at radius 1 is 0.864 bits per heavy atom. The van der Waals surface area contributed by atoms with Crippen molar-refractivity contribution in [1.82, 2.24) is 0 Å². The van der Waals surface area contributed by atoms with Gasteiger partial charge in [-0.2, -0.15) is 15.8 Å². The molecule has 0 spiro atoms. The number of benzene rings is 2. The summed E-state index contributed by atoms with van der Waals surface area (Å²) in [6.07, 6.45) is 0. The molecule has 3 rings (SSSR count). The molecular weight excluding hydrogens is 338 g/mol. The van der Waals surface area contributed by atoms with Crippen LogP contribution in [0.5, 0.6) is 0 Å². The minimum absolute atomic E-state index is 0.458. The van der Waals surface area contributed by atoms with E-state index in [0.717, 1.165) is 10.0 Å². The van der Waals surface area contributed by atoms with Gasteiger partial charge in [0, 0.05) is 10.4 Å². The topological polar surface area (TPSA) is 71.4 Å². The Kier molecular flexibility index (Phi) is 3.25. The van der Waals surface area contributed by atoms with Crippen molar-refractivity contribution in [3.8, 4) is 18.2 Å². The lowest BCUT2D eigenvalue weighted by Gasteiger charge is -2.09. The maximum atomic E-state index is 9.84. The van der Waals surface area contributed by atoms with Crippen molar-refractivity contribution in [1.29, 1.82) is 15.8 Å². The highest BCUT2D eigenvalue weighted by molar-refractivity contribution is 9.10. The van der Waals surface area contributed by atoms with E-state index in [4.69, 9.17) is 0 Å². The highest BCUT2D eigenvalue weighted by atomic mass is 79.9. The molecule has 0 N–H and O–H groups in total. The maximum Gasteiger partial charge on any atom is 0.175 e. The minimum atomic E-state index is -1.36. The summed E-state index contributed by atoms with van der Waals surface area (Å²) in [5, 5.41) is 29.1. The summed E-state index contributed by atoms with van der Waals surface area (Å²) >= 11 is 3.41. The van der Waals surface area contributed by atoms with Crippen LogP contribution in [-0.2, 0) is 5.41 Å². The van der Waals surface area contributed by atoms with Crippen LogP contribution < -0.4 is 0 Å². The summed E-state index contributed by atoms with van der Waals surface area (Å²) in [5.41, 5.74) is -0.948. The predicted octanol–water partition coefficient (Wildman–Crippen LogP) is 4.04. The molecule has 0 aromatic heterocycles. The van der Waals surface area contributed by atoms with Gasteiger partial charge in [0.25, 0.3) is 0 Å². The molecule has 0 saturated heterocycles. The average molecular weight is 348 g/mol. The van der Waals surface area contributed by atoms with Crippen LogP contribution in [0.3, 0.4) is 0 Å². The van der Waals surface area contributed by atoms with Gasteiger partial charge in [0.15, 0.2) is 5.41 Å². The van der Waals surface area contributed by atoms with E-state index in [9.17, 15) is 15.8 Å². The monoisotopic (exact) mass is 347 g/mol. The zero-order valence-electron chi connectivity index (χ0n) is 11.5. The van der Waals surface area contributed by atoms with E-state index in [1.807, 2.05) is 54.6 Å². The normalized spacial score (nSPS) is 24.5. The lowest BCUT2D eigenvalue weighted by Crippen LogP contribution is -2.14. The fourth-order valence-electron chi connectivity index (χ4n) is 3.30. The molecule has 4 heteroatoms. The van der Waals surface area contributed by atoms with Crippen LogP contribution in [0.15, 0.2) is 59.1 Å². The molecule has 2 aromatic rings. The van der Waals surface area contributed by atoms with Crippen molar-refractivity contribution in [2.75, 3.05) is 0 Å². The highest BCUT2D eigenvalue weighted by Crippen LogP contribution is 2.74. The van der Waals surface area contributed by atoms with Gasteiger partial charge in [-0.25, -0.2) is 0 Å². The number of hydrogen-bond acceptors (Lipinski definition) is 3. The van der Waals surface area contributed by atoms with E-state index in [2.05, 4.69) is 34.1 Å². The second kappa shape index (κ2) is 4.99. The second-order valence-electron chi connectivity index (χ2n) is 5.31. The van der Waals surface area contributed by atoms with Crippen LogP contribution >= 0.6 is 15.9 Å². The molecule has 22 heavy (non-hydrogen) atoms. The highest BCUT2D eigenvalue weighted by Gasteiger charge is 2.81. The molecule has 1 saturated carbocycles. The van der Waals surface area contributed by atoms with E-state index in [1.165, 1.54) is 0 Å². The number of rotatable bonds is 2. The molecule has 3 nitrogen and oxygen atoms in total. The van der Waals surface area contributed by atoms with Crippen LogP contribution in [0.1, 0.15) is 17.0 Å². The minimum Gasteiger partial charge on any atom is -0.197 e. The van der Waals surface area contributed by atoms with Crippen molar-refractivity contribution in [2.45, 2.75) is 11.3 Å². The fourth-order valence-corrected chi connectivity index (χ4v) is 3.72. The third kappa shape index (κ3) is 1.64. The van der Waals surface area contributed by atoms with Crippen molar-refractivity contribution in [3.05, 3.63) is 70.2 Å². The second-order valence-corrected chi connectivity index (χ2v) is 6.22. The van der Waals surface area contributed by atoms with Crippen LogP contribution in [0.4, 0.5) is 0 Å². The van der Waals surface area contributed by atoms with E-state index in [-0.39, 0.29) is 0 Å². The maximum absolute atomic E-state index is 9.84. The summed E-state index contributed by atoms with van der Waals surface area (Å²) in [5.74, 6) is -0.458. The fraction of sp³-hybridized carbons (Fsp3) is 0.167. The lowest BCUT2D eigenvalue weighted by molar-refractivity contribution is 0.742. The van der Waals surface area contributed by atoms with E-state index < -0.39 is 16.7 Å². The molecule has 0 heterocycles. The first-order chi connectivity index (χ1) is 10.7. The molecule has 0 radical (unpaired) electrons. The largest absolute Gasteiger partial charge is 0.197 e. The van der Waals surface area contributed by atoms with Gasteiger partial charge in [0.1, 0.15) is 5.41 Å². The van der Waals surface area contributed by atoms with Crippen molar-refractivity contribution in [3.63, 3.8) is 0 Å². The molecule has 0 unspecified atom stereocenters. The first kappa shape index (κ1) is 14.3. The molecule has 2 atom stereocenters. The third-order valence-corrected chi connectivity index (χ3v) is 4.84. The summed E-state index contributed by atoms with van der Waals surface area (Å²) in [6, 6.07) is 23.1. The van der Waals surface area contributed by atoms with Crippen LogP contribution in [0.25, 0.3) is 0 Å². The van der Waals surface area contributed by atoms with Gasteiger partial charge < -0.3 is 0 Å². The van der Waals surface area contributed by atoms with E-state index in [0.29, 0.717) is 5.56 Å². The molecule has 0 amide bonds. The Morgan fingerprint density at radius 2 is 1.55 bits per heavy atom. The Hall–Kier alpha value is -2.61. The standard InChI is InChI=1S/C18H10BrN3/c19-15-8-4-5-13(9-15)16-17(10-20,11-21)18(16,12-22)14-6-2-1-3-7-14/h1-9,16H/t16-,18-/m1/s1. The zero-order valence-corrected chi connectivity index (χ0v) is 13.1. The van der Waals surface area contributed by atoms with E-state index in [1.54, 1.807) is 0 Å². The van der Waals surface area contributed by atoms with E-state index >= 15 is 0 Å². The molecule has 1 fully saturated rings. The van der Waals surface area contributed by atoms with Crippen LogP contribution in [0.2, 0.25) is 0 Å². The third-order valence-electron chi connectivity index (χ3n) is 4.34. The number of nitrogens with zero attached hydrogens (tertiary/aromatic N) is 3. The summed E-state index contributed by atoms with van der Waals surface area (Å²) in [4.78, 5) is 0. The Balaban J connectivity index is 2.24. The van der Waals surface area contributed by atoms with Gasteiger partial charge in [-0.3, -0.25) is 0 Å². The average Bonchev–Trinajstić information content (AvgIpc) is 3.19. The number of nitriles is 3. The Bertz CT molecular complexity index is 840. The predicted molar refractivity (Wildman–Crippen MR) is 84.3 cm³/mol. The van der Waals surface area contributed by atoms with Crippen LogP contribution in [-0.4, -0.2) is 0 Å². The molecule has 1 aliphatic carbocycles. The Morgan fingerprint density at radius 3 is 2.09 bits per heavy atom. The number of halogens is 1. The molecule has 104 valence electrons. The van der Waals surface area contributed by atoms with Gasteiger partial charge in [0.2, 0.25) is 0 Å². The SMILES string of the molecule is N#CC1(C#N)[C@@H](c2cccc(Br)c2)[C@@]1(C#N)c1ccccc1. The summed E-state index contributed by atoms with van der Waals surface area (Å²) < 4.78 is 0.863. The van der Waals surface area contributed by atoms with Crippen molar-refractivity contribution in [2.24, 2.45) is 5.41 Å². The summed E-state index contributed by atoms with van der Waals surface area (Å²) in [7, 11) is 0. The van der Waals surface area contributed by atoms with Gasteiger partial charge in [-0.15, -0.1) is 0 Å². The molecular formula is C18H10BrN3. The molecule has 0 aliphatic heterocycles. The van der Waals surface area contributed by atoms with Crippen molar-refractivity contribution < 1.29 is 0 Å². The molecule has 2 aromatic carbocycles. The van der Waals surface area contributed by atoms with Gasteiger partial charge in [-0.1, -0.05) is 58.4 Å². The van der Waals surface area contributed by atoms with Gasteiger partial charge in [0.05, 0.1) is 18.2 Å². The van der Waals surface area contributed by atoms with Crippen molar-refractivity contribution >= 4 is 15.9 Å².